The van der Waals surface area contributed by atoms with Gasteiger partial charge in [-0.15, -0.1) is 0 Å². The third-order valence-corrected chi connectivity index (χ3v) is 2.24. The Hall–Kier alpha value is -0.850. The van der Waals surface area contributed by atoms with E-state index in [9.17, 15) is 0 Å². The lowest BCUT2D eigenvalue weighted by Crippen LogP contribution is -1.90. The molecule has 0 unspecified atom stereocenters. The molecule has 0 atom stereocenters. The highest BCUT2D eigenvalue weighted by Gasteiger charge is 1.88. The van der Waals surface area contributed by atoms with Crippen LogP contribution >= 0.6 is 0 Å². The van der Waals surface area contributed by atoms with Crippen LogP contribution in [0.1, 0.15) is 53.4 Å². The Balaban J connectivity index is 4.27. The quantitative estimate of drug-likeness (QED) is 0.435. The van der Waals surface area contributed by atoms with Gasteiger partial charge in [0.05, 0.1) is 0 Å². The minimum Gasteiger partial charge on any atom is -0.266 e. The number of hydrogen-bond donors (Lipinski definition) is 0. The molecule has 0 aliphatic rings. The molecule has 14 heavy (non-hydrogen) atoms. The Bertz CT molecular complexity index is 215. The van der Waals surface area contributed by atoms with Gasteiger partial charge in [0.2, 0.25) is 0 Å². The third-order valence-electron chi connectivity index (χ3n) is 2.24. The molecule has 0 radical (unpaired) electrons. The van der Waals surface area contributed by atoms with Gasteiger partial charge in [0, 0.05) is 11.9 Å². The summed E-state index contributed by atoms with van der Waals surface area (Å²) in [5.41, 5.74) is 2.65. The summed E-state index contributed by atoms with van der Waals surface area (Å²) in [6.45, 7) is 8.64. The van der Waals surface area contributed by atoms with Crippen LogP contribution < -0.4 is 0 Å². The Labute approximate surface area is 88.6 Å². The average molecular weight is 193 g/mol. The van der Waals surface area contributed by atoms with E-state index in [1.54, 1.807) is 0 Å². The summed E-state index contributed by atoms with van der Waals surface area (Å²) in [7, 11) is 0. The Morgan fingerprint density at radius 3 is 2.07 bits per heavy atom. The van der Waals surface area contributed by atoms with E-state index in [2.05, 4.69) is 44.8 Å². The van der Waals surface area contributed by atoms with Crippen molar-refractivity contribution in [1.82, 2.24) is 0 Å². The summed E-state index contributed by atoms with van der Waals surface area (Å²) in [5, 5.41) is 0. The lowest BCUT2D eigenvalue weighted by Gasteiger charge is -1.96. The van der Waals surface area contributed by atoms with Crippen LogP contribution in [0.25, 0.3) is 0 Å². The summed E-state index contributed by atoms with van der Waals surface area (Å²) in [6, 6.07) is 0. The van der Waals surface area contributed by atoms with Crippen molar-refractivity contribution in [3.63, 3.8) is 0 Å². The monoisotopic (exact) mass is 193 g/mol. The molecular formula is C13H23N. The molecule has 0 rings (SSSR count). The fourth-order valence-electron chi connectivity index (χ4n) is 1.26. The first-order valence-corrected chi connectivity index (χ1v) is 5.69. The van der Waals surface area contributed by atoms with Gasteiger partial charge in [0.25, 0.3) is 0 Å². The van der Waals surface area contributed by atoms with Crippen LogP contribution in [-0.2, 0) is 0 Å². The fraction of sp³-hybridized carbons (Fsp3) is 0.615. The molecule has 1 nitrogen and oxygen atoms in total. The number of hydrogen-bond acceptors (Lipinski definition) is 1. The molecule has 0 saturated carbocycles. The van der Waals surface area contributed by atoms with Crippen LogP contribution in [0.5, 0.6) is 0 Å². The molecule has 0 heterocycles. The van der Waals surface area contributed by atoms with Crippen LogP contribution in [0.4, 0.5) is 0 Å². The van der Waals surface area contributed by atoms with Crippen LogP contribution in [-0.4, -0.2) is 5.71 Å². The van der Waals surface area contributed by atoms with Crippen molar-refractivity contribution in [3.05, 3.63) is 23.9 Å². The molecule has 0 aromatic heterocycles. The molecule has 1 heteroatoms. The first-order valence-electron chi connectivity index (χ1n) is 5.69. The predicted molar refractivity (Wildman–Crippen MR) is 65.8 cm³/mol. The Morgan fingerprint density at radius 2 is 1.64 bits per heavy atom. The van der Waals surface area contributed by atoms with E-state index in [1.165, 1.54) is 11.3 Å². The predicted octanol–water partition coefficient (Wildman–Crippen LogP) is 4.51. The lowest BCUT2D eigenvalue weighted by atomic mass is 10.1. The molecule has 0 aromatic rings. The summed E-state index contributed by atoms with van der Waals surface area (Å²) < 4.78 is 0. The first kappa shape index (κ1) is 13.2. The lowest BCUT2D eigenvalue weighted by molar-refractivity contribution is 1.09. The maximum absolute atomic E-state index is 4.43. The van der Waals surface area contributed by atoms with Crippen molar-refractivity contribution >= 4 is 5.71 Å². The van der Waals surface area contributed by atoms with Gasteiger partial charge >= 0.3 is 0 Å². The number of nitrogens with zero attached hydrogens (tertiary/aromatic N) is 1. The molecule has 0 bridgehead atoms. The molecule has 0 aliphatic heterocycles. The van der Waals surface area contributed by atoms with Gasteiger partial charge in [0.15, 0.2) is 0 Å². The topological polar surface area (TPSA) is 12.4 Å². The second-order valence-corrected chi connectivity index (χ2v) is 3.26. The zero-order chi connectivity index (χ0) is 10.8. The van der Waals surface area contributed by atoms with Gasteiger partial charge in [-0.05, 0) is 31.8 Å². The maximum atomic E-state index is 4.43. The van der Waals surface area contributed by atoms with Crippen LogP contribution in [0, 0.1) is 0 Å². The second kappa shape index (κ2) is 8.74. The summed E-state index contributed by atoms with van der Waals surface area (Å²) in [4.78, 5) is 4.43. The van der Waals surface area contributed by atoms with Crippen LogP contribution in [0.3, 0.4) is 0 Å². The van der Waals surface area contributed by atoms with Crippen molar-refractivity contribution in [2.24, 2.45) is 4.99 Å². The zero-order valence-electron chi connectivity index (χ0n) is 10.0. The smallest absolute Gasteiger partial charge is 0.0269 e. The summed E-state index contributed by atoms with van der Waals surface area (Å²) in [5.74, 6) is 0. The van der Waals surface area contributed by atoms with Gasteiger partial charge < -0.3 is 0 Å². The molecule has 80 valence electrons. The van der Waals surface area contributed by atoms with Crippen LogP contribution in [0.2, 0.25) is 0 Å². The second-order valence-electron chi connectivity index (χ2n) is 3.26. The molecule has 0 fully saturated rings. The normalized spacial score (nSPS) is 12.1. The Kier molecular flexibility index (Phi) is 8.20. The fourth-order valence-corrected chi connectivity index (χ4v) is 1.26. The highest BCUT2D eigenvalue weighted by Crippen LogP contribution is 2.04. The van der Waals surface area contributed by atoms with Gasteiger partial charge in [-0.2, -0.15) is 0 Å². The standard InChI is InChI=1S/C13H23N/c1-5-9-12(6-2)10-11-14-13(7-3)8-4/h9-11H,5-8H2,1-4H3/b11-10-,12-9+. The van der Waals surface area contributed by atoms with Crippen molar-refractivity contribution in [2.75, 3.05) is 0 Å². The minimum atomic E-state index is 1.06. The number of allylic oxidation sites excluding steroid dienone is 3. The first-order chi connectivity index (χ1) is 6.78. The molecule has 0 amide bonds. The van der Waals surface area contributed by atoms with E-state index in [0.29, 0.717) is 0 Å². The molecule has 0 aliphatic carbocycles. The number of aliphatic imine (C=N–C) groups is 1. The molecule has 0 spiro atoms. The molecule has 0 saturated heterocycles. The largest absolute Gasteiger partial charge is 0.266 e. The zero-order valence-corrected chi connectivity index (χ0v) is 10.0. The average Bonchev–Trinajstić information content (AvgIpc) is 2.23. The summed E-state index contributed by atoms with van der Waals surface area (Å²) >= 11 is 0. The van der Waals surface area contributed by atoms with Crippen LogP contribution in [0.15, 0.2) is 28.9 Å². The van der Waals surface area contributed by atoms with Crippen molar-refractivity contribution in [2.45, 2.75) is 53.4 Å². The van der Waals surface area contributed by atoms with E-state index >= 15 is 0 Å². The van der Waals surface area contributed by atoms with E-state index in [4.69, 9.17) is 0 Å². The maximum Gasteiger partial charge on any atom is 0.0269 e. The Morgan fingerprint density at radius 1 is 1.00 bits per heavy atom. The van der Waals surface area contributed by atoms with Crippen molar-refractivity contribution < 1.29 is 0 Å². The van der Waals surface area contributed by atoms with E-state index in [0.717, 1.165) is 25.7 Å². The van der Waals surface area contributed by atoms with Gasteiger partial charge in [-0.3, -0.25) is 4.99 Å². The molecular weight excluding hydrogens is 170 g/mol. The SMILES string of the molecule is CC/C=C(/C=C\N=C(CC)CC)CC. The molecule has 0 N–H and O–H groups in total. The van der Waals surface area contributed by atoms with E-state index in [-0.39, 0.29) is 0 Å². The highest BCUT2D eigenvalue weighted by atomic mass is 14.7. The third kappa shape index (κ3) is 5.74. The molecule has 0 aromatic carbocycles. The van der Waals surface area contributed by atoms with E-state index in [1.807, 2.05) is 6.20 Å². The van der Waals surface area contributed by atoms with Crippen molar-refractivity contribution in [3.8, 4) is 0 Å². The van der Waals surface area contributed by atoms with Gasteiger partial charge in [-0.25, -0.2) is 0 Å². The van der Waals surface area contributed by atoms with Crippen molar-refractivity contribution in [1.29, 1.82) is 0 Å². The minimum absolute atomic E-state index is 1.06. The number of rotatable bonds is 6. The summed E-state index contributed by atoms with van der Waals surface area (Å²) in [6.07, 6.45) is 10.6. The van der Waals surface area contributed by atoms with Gasteiger partial charge in [-0.1, -0.05) is 39.3 Å². The van der Waals surface area contributed by atoms with Gasteiger partial charge in [0.1, 0.15) is 0 Å². The highest BCUT2D eigenvalue weighted by molar-refractivity contribution is 5.84. The van der Waals surface area contributed by atoms with E-state index < -0.39 is 0 Å².